The van der Waals surface area contributed by atoms with Crippen LogP contribution in [0, 0.1) is 6.92 Å². The summed E-state index contributed by atoms with van der Waals surface area (Å²) in [6.45, 7) is 3.73. The second kappa shape index (κ2) is 11.0. The molecular formula is C26H21Cl2N3O6S. The predicted molar refractivity (Wildman–Crippen MR) is 146 cm³/mol. The van der Waals surface area contributed by atoms with Crippen LogP contribution >= 0.6 is 23.2 Å². The van der Waals surface area contributed by atoms with Gasteiger partial charge in [0, 0.05) is 5.39 Å². The molecule has 0 fully saturated rings. The van der Waals surface area contributed by atoms with Gasteiger partial charge in [-0.3, -0.25) is 9.35 Å². The van der Waals surface area contributed by atoms with E-state index in [9.17, 15) is 22.9 Å². The van der Waals surface area contributed by atoms with Crippen LogP contribution in [0.25, 0.3) is 10.8 Å². The Morgan fingerprint density at radius 1 is 1.03 bits per heavy atom. The van der Waals surface area contributed by atoms with E-state index in [1.54, 1.807) is 56.3 Å². The summed E-state index contributed by atoms with van der Waals surface area (Å²) in [6.07, 6.45) is 0. The number of halogens is 2. The number of fused-ring (bicyclic) bond motifs is 1. The van der Waals surface area contributed by atoms with Crippen molar-refractivity contribution in [3.05, 3.63) is 81.8 Å². The Balaban J connectivity index is 1.79. The third kappa shape index (κ3) is 5.58. The molecule has 0 unspecified atom stereocenters. The Morgan fingerprint density at radius 3 is 2.47 bits per heavy atom. The van der Waals surface area contributed by atoms with Gasteiger partial charge in [0.05, 0.1) is 28.6 Å². The van der Waals surface area contributed by atoms with Crippen LogP contribution in [0.4, 0.5) is 17.1 Å². The number of aromatic hydroxyl groups is 1. The highest BCUT2D eigenvalue weighted by molar-refractivity contribution is 7.86. The van der Waals surface area contributed by atoms with Gasteiger partial charge in [-0.25, -0.2) is 0 Å². The molecule has 0 saturated heterocycles. The van der Waals surface area contributed by atoms with Crippen LogP contribution in [0.3, 0.4) is 0 Å². The first-order chi connectivity index (χ1) is 18.0. The molecule has 38 heavy (non-hydrogen) atoms. The second-order valence-electron chi connectivity index (χ2n) is 8.10. The molecule has 0 atom stereocenters. The van der Waals surface area contributed by atoms with Gasteiger partial charge in [0.1, 0.15) is 21.4 Å². The third-order valence-corrected chi connectivity index (χ3v) is 7.38. The van der Waals surface area contributed by atoms with Crippen molar-refractivity contribution in [1.29, 1.82) is 0 Å². The van der Waals surface area contributed by atoms with E-state index in [-0.39, 0.29) is 32.7 Å². The highest BCUT2D eigenvalue weighted by atomic mass is 35.5. The number of anilines is 1. The van der Waals surface area contributed by atoms with Crippen LogP contribution < -0.4 is 10.1 Å². The van der Waals surface area contributed by atoms with Crippen molar-refractivity contribution in [2.45, 2.75) is 18.7 Å². The van der Waals surface area contributed by atoms with Crippen molar-refractivity contribution in [3.8, 4) is 11.5 Å². The summed E-state index contributed by atoms with van der Waals surface area (Å²) in [5, 5.41) is 23.1. The first kappa shape index (κ1) is 27.3. The third-order valence-electron chi connectivity index (χ3n) is 5.50. The number of benzene rings is 4. The molecule has 1 amide bonds. The van der Waals surface area contributed by atoms with Crippen LogP contribution in [-0.2, 0) is 10.1 Å². The SMILES string of the molecule is CCOc1cccc(NC(=O)c2cc3ccccc3c(N=Nc3cc(C)c(Cl)c(S(=O)(=O)O)c3)c2O)c1Cl. The minimum Gasteiger partial charge on any atom is -0.505 e. The first-order valence-electron chi connectivity index (χ1n) is 11.2. The lowest BCUT2D eigenvalue weighted by Gasteiger charge is -2.13. The number of carbonyl (C=O) groups excluding carboxylic acids is 1. The Bertz CT molecular complexity index is 1710. The number of ether oxygens (including phenoxy) is 1. The Morgan fingerprint density at radius 2 is 1.76 bits per heavy atom. The molecule has 0 aliphatic heterocycles. The number of hydrogen-bond acceptors (Lipinski definition) is 7. The predicted octanol–water partition coefficient (Wildman–Crippen LogP) is 7.47. The van der Waals surface area contributed by atoms with Gasteiger partial charge in [0.25, 0.3) is 16.0 Å². The maximum atomic E-state index is 13.2. The molecule has 0 saturated carbocycles. The minimum absolute atomic E-state index is 0.0246. The molecular weight excluding hydrogens is 553 g/mol. The molecule has 4 rings (SSSR count). The zero-order valence-corrected chi connectivity index (χ0v) is 22.4. The van der Waals surface area contributed by atoms with Gasteiger partial charge in [-0.15, -0.1) is 5.11 Å². The first-order valence-corrected chi connectivity index (χ1v) is 13.4. The van der Waals surface area contributed by atoms with Crippen molar-refractivity contribution in [2.24, 2.45) is 10.2 Å². The van der Waals surface area contributed by atoms with Crippen LogP contribution in [0.2, 0.25) is 10.0 Å². The highest BCUT2D eigenvalue weighted by Gasteiger charge is 2.21. The van der Waals surface area contributed by atoms with E-state index in [4.69, 9.17) is 27.9 Å². The van der Waals surface area contributed by atoms with Crippen molar-refractivity contribution in [1.82, 2.24) is 0 Å². The largest absolute Gasteiger partial charge is 0.505 e. The normalized spacial score (nSPS) is 11.7. The fourth-order valence-corrected chi connectivity index (χ4v) is 5.01. The molecule has 4 aromatic carbocycles. The van der Waals surface area contributed by atoms with Gasteiger partial charge < -0.3 is 15.2 Å². The van der Waals surface area contributed by atoms with Gasteiger partial charge in [0.15, 0.2) is 5.75 Å². The van der Waals surface area contributed by atoms with E-state index in [0.29, 0.717) is 28.7 Å². The standard InChI is InChI=1S/C26H21Cl2N3O6S/c1-3-37-20-10-6-9-19(23(20)28)29-26(33)18-12-15-7-4-5-8-17(15)24(25(18)32)31-30-16-11-14(2)22(27)21(13-16)38(34,35)36/h4-13,32H,3H2,1-2H3,(H,29,33)(H,34,35,36). The topological polar surface area (TPSA) is 138 Å². The average Bonchev–Trinajstić information content (AvgIpc) is 2.86. The second-order valence-corrected chi connectivity index (χ2v) is 10.2. The number of aryl methyl sites for hydroxylation is 1. The fraction of sp³-hybridized carbons (Fsp3) is 0.115. The molecule has 4 aromatic rings. The lowest BCUT2D eigenvalue weighted by Crippen LogP contribution is -2.13. The number of phenolic OH excluding ortho intramolecular Hbond substituents is 1. The van der Waals surface area contributed by atoms with E-state index in [2.05, 4.69) is 15.5 Å². The number of rotatable bonds is 7. The number of amides is 1. The number of hydrogen-bond donors (Lipinski definition) is 3. The van der Waals surface area contributed by atoms with E-state index in [1.165, 1.54) is 12.1 Å². The molecule has 196 valence electrons. The molecule has 12 heteroatoms. The summed E-state index contributed by atoms with van der Waals surface area (Å²) in [5.41, 5.74) is 0.555. The Kier molecular flexibility index (Phi) is 7.89. The minimum atomic E-state index is -4.62. The fourth-order valence-electron chi connectivity index (χ4n) is 3.73. The Labute approximate surface area is 228 Å². The van der Waals surface area contributed by atoms with Gasteiger partial charge in [-0.2, -0.15) is 13.5 Å². The maximum Gasteiger partial charge on any atom is 0.296 e. The molecule has 0 aliphatic carbocycles. The van der Waals surface area contributed by atoms with Gasteiger partial charge in [-0.1, -0.05) is 53.5 Å². The van der Waals surface area contributed by atoms with Crippen molar-refractivity contribution >= 4 is 67.1 Å². The summed E-state index contributed by atoms with van der Waals surface area (Å²) >= 11 is 12.4. The lowest BCUT2D eigenvalue weighted by molar-refractivity contribution is 0.102. The van der Waals surface area contributed by atoms with E-state index >= 15 is 0 Å². The Hall–Kier alpha value is -3.70. The van der Waals surface area contributed by atoms with Crippen LogP contribution in [0.1, 0.15) is 22.8 Å². The lowest BCUT2D eigenvalue weighted by atomic mass is 10.0. The number of phenols is 1. The number of nitrogens with zero attached hydrogens (tertiary/aromatic N) is 2. The number of azo groups is 1. The van der Waals surface area contributed by atoms with E-state index in [1.807, 2.05) is 0 Å². The smallest absolute Gasteiger partial charge is 0.296 e. The summed E-state index contributed by atoms with van der Waals surface area (Å²) in [7, 11) is -4.62. The quantitative estimate of drug-likeness (QED) is 0.155. The van der Waals surface area contributed by atoms with Crippen LogP contribution in [-0.4, -0.2) is 30.6 Å². The number of carbonyl (C=O) groups is 1. The number of nitrogens with one attached hydrogen (secondary N) is 1. The summed E-state index contributed by atoms with van der Waals surface area (Å²) in [5.74, 6) is -0.717. The molecule has 0 aromatic heterocycles. The monoisotopic (exact) mass is 573 g/mol. The molecule has 0 spiro atoms. The summed E-state index contributed by atoms with van der Waals surface area (Å²) < 4.78 is 38.4. The highest BCUT2D eigenvalue weighted by Crippen LogP contribution is 2.41. The van der Waals surface area contributed by atoms with E-state index < -0.39 is 26.7 Å². The van der Waals surface area contributed by atoms with E-state index in [0.717, 1.165) is 6.07 Å². The molecule has 9 nitrogen and oxygen atoms in total. The zero-order valence-electron chi connectivity index (χ0n) is 20.1. The zero-order chi connectivity index (χ0) is 27.6. The van der Waals surface area contributed by atoms with Gasteiger partial charge in [0.2, 0.25) is 0 Å². The molecule has 0 radical (unpaired) electrons. The molecule has 3 N–H and O–H groups in total. The molecule has 0 heterocycles. The van der Waals surface area contributed by atoms with Crippen molar-refractivity contribution in [2.75, 3.05) is 11.9 Å². The molecule has 0 aliphatic rings. The van der Waals surface area contributed by atoms with Crippen molar-refractivity contribution in [3.63, 3.8) is 0 Å². The van der Waals surface area contributed by atoms with Crippen molar-refractivity contribution < 1.29 is 27.6 Å². The summed E-state index contributed by atoms with van der Waals surface area (Å²) in [4.78, 5) is 12.7. The van der Waals surface area contributed by atoms with Gasteiger partial charge in [-0.05, 0) is 55.1 Å². The van der Waals surface area contributed by atoms with Crippen LogP contribution in [0.15, 0.2) is 75.8 Å². The maximum absolute atomic E-state index is 13.2. The van der Waals surface area contributed by atoms with Gasteiger partial charge >= 0.3 is 0 Å². The molecule has 0 bridgehead atoms. The average molecular weight is 574 g/mol. The van der Waals surface area contributed by atoms with Crippen LogP contribution in [0.5, 0.6) is 11.5 Å². The summed E-state index contributed by atoms with van der Waals surface area (Å²) in [6, 6.07) is 15.8.